The lowest BCUT2D eigenvalue weighted by Crippen LogP contribution is -2.28. The van der Waals surface area contributed by atoms with E-state index >= 15 is 0 Å². The number of benzene rings is 1. The summed E-state index contributed by atoms with van der Waals surface area (Å²) in [4.78, 5) is 54.7. The SMILES string of the molecule is C=CCn1c(=NC(=O)CS(=O)(=O)CC(=O)Nc2sc(C(=O)OCC)c(C)c2C(=O)OCC)sc2cc(OCC)ccc21. The standard InChI is InChI=1S/C27H31N3O9S3/c1-6-12-30-18-11-10-17(37-7-2)13-19(18)40-27(30)29-21(32)15-42(35,36)14-20(31)28-24-22(25(33)38-8-3)16(5)23(41-24)26(34)39-9-4/h6,10-11,13H,1,7-9,12,14-15H2,2-5H3,(H,28,31). The van der Waals surface area contributed by atoms with Crippen LogP contribution in [0.4, 0.5) is 5.00 Å². The number of thiophene rings is 1. The molecule has 15 heteroatoms. The fourth-order valence-electron chi connectivity index (χ4n) is 3.88. The van der Waals surface area contributed by atoms with Gasteiger partial charge in [-0.2, -0.15) is 4.99 Å². The number of anilines is 1. The molecule has 12 nitrogen and oxygen atoms in total. The molecule has 3 aromatic rings. The monoisotopic (exact) mass is 637 g/mol. The van der Waals surface area contributed by atoms with Gasteiger partial charge < -0.3 is 24.1 Å². The molecular formula is C27H31N3O9S3. The maximum atomic E-state index is 12.8. The molecule has 2 heterocycles. The van der Waals surface area contributed by atoms with Crippen molar-refractivity contribution >= 4 is 71.5 Å². The van der Waals surface area contributed by atoms with Crippen LogP contribution in [0.25, 0.3) is 10.2 Å². The van der Waals surface area contributed by atoms with Crippen LogP contribution in [0.5, 0.6) is 5.75 Å². The molecule has 3 rings (SSSR count). The second kappa shape index (κ2) is 14.4. The van der Waals surface area contributed by atoms with Crippen molar-refractivity contribution < 1.29 is 41.8 Å². The van der Waals surface area contributed by atoms with E-state index in [2.05, 4.69) is 16.9 Å². The summed E-state index contributed by atoms with van der Waals surface area (Å²) in [6, 6.07) is 5.40. The summed E-state index contributed by atoms with van der Waals surface area (Å²) in [6.07, 6.45) is 1.62. The quantitative estimate of drug-likeness (QED) is 0.219. The van der Waals surface area contributed by atoms with Gasteiger partial charge >= 0.3 is 11.9 Å². The molecule has 2 aromatic heterocycles. The molecule has 1 aromatic carbocycles. The highest BCUT2D eigenvalue weighted by molar-refractivity contribution is 7.92. The van der Waals surface area contributed by atoms with Crippen molar-refractivity contribution in [3.05, 3.63) is 51.7 Å². The number of ether oxygens (including phenoxy) is 3. The molecule has 0 spiro atoms. The number of thiazole rings is 1. The van der Waals surface area contributed by atoms with Crippen molar-refractivity contribution in [3.8, 4) is 5.75 Å². The van der Waals surface area contributed by atoms with E-state index in [0.717, 1.165) is 21.6 Å². The van der Waals surface area contributed by atoms with E-state index in [0.29, 0.717) is 18.9 Å². The number of hydrogen-bond donors (Lipinski definition) is 1. The van der Waals surface area contributed by atoms with Gasteiger partial charge in [0.25, 0.3) is 5.91 Å². The Morgan fingerprint density at radius 2 is 1.71 bits per heavy atom. The zero-order valence-electron chi connectivity index (χ0n) is 23.6. The lowest BCUT2D eigenvalue weighted by atomic mass is 10.1. The molecule has 0 aliphatic carbocycles. The van der Waals surface area contributed by atoms with Gasteiger partial charge in [-0.3, -0.25) is 9.59 Å². The number of carbonyl (C=O) groups excluding carboxylic acids is 4. The van der Waals surface area contributed by atoms with Crippen molar-refractivity contribution in [2.45, 2.75) is 34.2 Å². The molecule has 0 saturated heterocycles. The lowest BCUT2D eigenvalue weighted by molar-refractivity contribution is -0.115. The minimum absolute atomic E-state index is 0.0382. The first kappa shape index (κ1) is 32.7. The van der Waals surface area contributed by atoms with Crippen LogP contribution >= 0.6 is 22.7 Å². The first-order valence-corrected chi connectivity index (χ1v) is 16.3. The topological polar surface area (TPSA) is 159 Å². The van der Waals surface area contributed by atoms with Crippen LogP contribution in [0.3, 0.4) is 0 Å². The van der Waals surface area contributed by atoms with Crippen molar-refractivity contribution in [2.24, 2.45) is 4.99 Å². The van der Waals surface area contributed by atoms with Gasteiger partial charge in [0, 0.05) is 6.54 Å². The third-order valence-corrected chi connectivity index (χ3v) is 9.15. The molecular weight excluding hydrogens is 607 g/mol. The Hall–Kier alpha value is -3.82. The Balaban J connectivity index is 1.82. The molecule has 2 amide bonds. The Morgan fingerprint density at radius 1 is 1.02 bits per heavy atom. The molecule has 0 saturated carbocycles. The molecule has 0 atom stereocenters. The number of nitrogens with zero attached hydrogens (tertiary/aromatic N) is 2. The Kier molecular flexibility index (Phi) is 11.2. The molecule has 0 radical (unpaired) electrons. The number of nitrogens with one attached hydrogen (secondary N) is 1. The number of fused-ring (bicyclic) bond motifs is 1. The van der Waals surface area contributed by atoms with Crippen molar-refractivity contribution in [1.82, 2.24) is 4.57 Å². The van der Waals surface area contributed by atoms with Gasteiger partial charge in [0.1, 0.15) is 27.1 Å². The number of esters is 2. The van der Waals surface area contributed by atoms with Gasteiger partial charge in [0.2, 0.25) is 5.91 Å². The Morgan fingerprint density at radius 3 is 2.36 bits per heavy atom. The highest BCUT2D eigenvalue weighted by Crippen LogP contribution is 2.34. The second-order valence-electron chi connectivity index (χ2n) is 8.63. The third kappa shape index (κ3) is 7.92. The second-order valence-corrected chi connectivity index (χ2v) is 12.7. The lowest BCUT2D eigenvalue weighted by Gasteiger charge is -2.07. The van der Waals surface area contributed by atoms with Gasteiger partial charge in [-0.05, 0) is 51.5 Å². The van der Waals surface area contributed by atoms with Crippen LogP contribution in [-0.2, 0) is 35.4 Å². The molecule has 0 fully saturated rings. The van der Waals surface area contributed by atoms with E-state index in [1.807, 2.05) is 13.0 Å². The van der Waals surface area contributed by atoms with E-state index in [-0.39, 0.29) is 39.0 Å². The zero-order valence-corrected chi connectivity index (χ0v) is 26.0. The number of sulfone groups is 1. The predicted octanol–water partition coefficient (Wildman–Crippen LogP) is 3.49. The highest BCUT2D eigenvalue weighted by Gasteiger charge is 2.29. The largest absolute Gasteiger partial charge is 0.494 e. The van der Waals surface area contributed by atoms with Gasteiger partial charge in [-0.1, -0.05) is 17.4 Å². The summed E-state index contributed by atoms with van der Waals surface area (Å²) in [5.74, 6) is -4.88. The minimum Gasteiger partial charge on any atom is -0.494 e. The number of rotatable bonds is 13. The van der Waals surface area contributed by atoms with Gasteiger partial charge in [0.05, 0.1) is 35.6 Å². The first-order valence-electron chi connectivity index (χ1n) is 12.9. The van der Waals surface area contributed by atoms with E-state index in [1.165, 1.54) is 18.3 Å². The highest BCUT2D eigenvalue weighted by atomic mass is 32.2. The van der Waals surface area contributed by atoms with Crippen molar-refractivity contribution in [1.29, 1.82) is 0 Å². The fraction of sp³-hybridized carbons (Fsp3) is 0.370. The number of allylic oxidation sites excluding steroid dienone is 1. The Labute approximate surface area is 250 Å². The summed E-state index contributed by atoms with van der Waals surface area (Å²) in [5.41, 5.74) is 0.919. The van der Waals surface area contributed by atoms with Crippen LogP contribution in [0, 0.1) is 6.92 Å². The Bertz CT molecular complexity index is 1700. The van der Waals surface area contributed by atoms with Crippen LogP contribution in [-0.4, -0.2) is 68.1 Å². The van der Waals surface area contributed by atoms with Gasteiger partial charge in [-0.25, -0.2) is 18.0 Å². The van der Waals surface area contributed by atoms with Crippen LogP contribution < -0.4 is 14.9 Å². The van der Waals surface area contributed by atoms with Crippen molar-refractivity contribution in [2.75, 3.05) is 36.6 Å². The van der Waals surface area contributed by atoms with Gasteiger partial charge in [0.15, 0.2) is 14.6 Å². The summed E-state index contributed by atoms with van der Waals surface area (Å²) in [5, 5.41) is 2.31. The van der Waals surface area contributed by atoms with Gasteiger partial charge in [-0.15, -0.1) is 17.9 Å². The molecule has 0 unspecified atom stereocenters. The smallest absolute Gasteiger partial charge is 0.348 e. The molecule has 226 valence electrons. The van der Waals surface area contributed by atoms with Crippen molar-refractivity contribution in [3.63, 3.8) is 0 Å². The first-order chi connectivity index (χ1) is 19.9. The summed E-state index contributed by atoms with van der Waals surface area (Å²) in [7, 11) is -4.26. The average molecular weight is 638 g/mol. The summed E-state index contributed by atoms with van der Waals surface area (Å²) >= 11 is 1.95. The maximum absolute atomic E-state index is 12.8. The normalized spacial score (nSPS) is 11.8. The van der Waals surface area contributed by atoms with Crippen LogP contribution in [0.15, 0.2) is 35.8 Å². The summed E-state index contributed by atoms with van der Waals surface area (Å²) < 4.78 is 43.6. The number of amides is 2. The maximum Gasteiger partial charge on any atom is 0.348 e. The number of hydrogen-bond acceptors (Lipinski definition) is 11. The van der Waals surface area contributed by atoms with Crippen LogP contribution in [0.1, 0.15) is 46.4 Å². The van der Waals surface area contributed by atoms with Crippen LogP contribution in [0.2, 0.25) is 0 Å². The number of carbonyl (C=O) groups is 4. The number of aromatic nitrogens is 1. The predicted molar refractivity (Wildman–Crippen MR) is 160 cm³/mol. The minimum atomic E-state index is -4.26. The molecule has 0 bridgehead atoms. The third-order valence-electron chi connectivity index (χ3n) is 5.53. The molecule has 0 aliphatic heterocycles. The van der Waals surface area contributed by atoms with E-state index < -0.39 is 45.1 Å². The molecule has 42 heavy (non-hydrogen) atoms. The average Bonchev–Trinajstić information content (AvgIpc) is 3.40. The summed E-state index contributed by atoms with van der Waals surface area (Å²) in [6.45, 7) is 11.2. The zero-order chi connectivity index (χ0) is 31.0. The molecule has 0 aliphatic rings. The van der Waals surface area contributed by atoms with E-state index in [4.69, 9.17) is 14.2 Å². The van der Waals surface area contributed by atoms with E-state index in [1.54, 1.807) is 36.6 Å². The van der Waals surface area contributed by atoms with E-state index in [9.17, 15) is 27.6 Å². The molecule has 1 N–H and O–H groups in total. The fourth-order valence-corrected chi connectivity index (χ4v) is 7.09.